The Labute approximate surface area is 97.0 Å². The molecule has 1 aromatic rings. The number of hydrogen-bond acceptors (Lipinski definition) is 3. The Kier molecular flexibility index (Phi) is 4.36. The first kappa shape index (κ1) is 11.6. The smallest absolute Gasteiger partial charge is 0.0666 e. The van der Waals surface area contributed by atoms with Gasteiger partial charge in [-0.05, 0) is 38.8 Å². The maximum absolute atomic E-state index is 5.86. The summed E-state index contributed by atoms with van der Waals surface area (Å²) >= 11 is 0. The summed E-state index contributed by atoms with van der Waals surface area (Å²) in [6.07, 6.45) is 9.08. The van der Waals surface area contributed by atoms with Crippen LogP contribution in [-0.2, 0) is 11.3 Å². The monoisotopic (exact) mass is 223 g/mol. The van der Waals surface area contributed by atoms with E-state index in [1.807, 2.05) is 24.0 Å². The SMILES string of the molecule is CNC1CCC(OCCn2cccn2)CC1. The van der Waals surface area contributed by atoms with E-state index in [9.17, 15) is 0 Å². The highest BCUT2D eigenvalue weighted by Crippen LogP contribution is 2.20. The first-order valence-corrected chi connectivity index (χ1v) is 6.15. The molecule has 90 valence electrons. The molecule has 1 fully saturated rings. The van der Waals surface area contributed by atoms with Crippen molar-refractivity contribution in [2.75, 3.05) is 13.7 Å². The van der Waals surface area contributed by atoms with Gasteiger partial charge in [0.25, 0.3) is 0 Å². The molecular weight excluding hydrogens is 202 g/mol. The Bertz CT molecular complexity index is 278. The van der Waals surface area contributed by atoms with Gasteiger partial charge in [0.1, 0.15) is 0 Å². The first-order valence-electron chi connectivity index (χ1n) is 6.15. The van der Waals surface area contributed by atoms with E-state index < -0.39 is 0 Å². The zero-order valence-corrected chi connectivity index (χ0v) is 9.93. The van der Waals surface area contributed by atoms with E-state index in [-0.39, 0.29) is 0 Å². The van der Waals surface area contributed by atoms with Gasteiger partial charge in [-0.2, -0.15) is 5.10 Å². The second kappa shape index (κ2) is 6.01. The maximum atomic E-state index is 5.86. The predicted octanol–water partition coefficient (Wildman–Crippen LogP) is 1.43. The van der Waals surface area contributed by atoms with Crippen LogP contribution in [0.15, 0.2) is 18.5 Å². The third-order valence-corrected chi connectivity index (χ3v) is 3.32. The molecule has 1 aromatic heterocycles. The van der Waals surface area contributed by atoms with E-state index in [2.05, 4.69) is 10.4 Å². The molecule has 0 radical (unpaired) electrons. The molecule has 0 spiro atoms. The van der Waals surface area contributed by atoms with E-state index in [0.29, 0.717) is 12.1 Å². The molecule has 4 heteroatoms. The molecule has 2 rings (SSSR count). The molecule has 1 N–H and O–H groups in total. The van der Waals surface area contributed by atoms with Crippen LogP contribution >= 0.6 is 0 Å². The van der Waals surface area contributed by atoms with Crippen molar-refractivity contribution in [3.05, 3.63) is 18.5 Å². The van der Waals surface area contributed by atoms with Gasteiger partial charge in [0.05, 0.1) is 19.3 Å². The van der Waals surface area contributed by atoms with Gasteiger partial charge in [-0.1, -0.05) is 0 Å². The van der Waals surface area contributed by atoms with Crippen molar-refractivity contribution in [3.8, 4) is 0 Å². The summed E-state index contributed by atoms with van der Waals surface area (Å²) in [4.78, 5) is 0. The largest absolute Gasteiger partial charge is 0.376 e. The molecule has 0 unspecified atom stereocenters. The van der Waals surface area contributed by atoms with Crippen LogP contribution < -0.4 is 5.32 Å². The zero-order valence-electron chi connectivity index (χ0n) is 9.93. The highest BCUT2D eigenvalue weighted by molar-refractivity contribution is 4.78. The van der Waals surface area contributed by atoms with Crippen LogP contribution in [0.3, 0.4) is 0 Å². The lowest BCUT2D eigenvalue weighted by molar-refractivity contribution is 0.0178. The molecule has 1 heterocycles. The number of ether oxygens (including phenoxy) is 1. The summed E-state index contributed by atoms with van der Waals surface area (Å²) in [6, 6.07) is 2.64. The minimum atomic E-state index is 0.458. The van der Waals surface area contributed by atoms with Gasteiger partial charge in [0.15, 0.2) is 0 Å². The van der Waals surface area contributed by atoms with Crippen molar-refractivity contribution in [2.24, 2.45) is 0 Å². The van der Waals surface area contributed by atoms with Crippen LogP contribution in [0, 0.1) is 0 Å². The third-order valence-electron chi connectivity index (χ3n) is 3.32. The first-order chi connectivity index (χ1) is 7.88. The Morgan fingerprint density at radius 1 is 1.38 bits per heavy atom. The van der Waals surface area contributed by atoms with Crippen LogP contribution in [-0.4, -0.2) is 35.6 Å². The average molecular weight is 223 g/mol. The fourth-order valence-corrected chi connectivity index (χ4v) is 2.26. The molecule has 1 saturated carbocycles. The van der Waals surface area contributed by atoms with Crippen LogP contribution in [0.5, 0.6) is 0 Å². The Balaban J connectivity index is 1.60. The van der Waals surface area contributed by atoms with Gasteiger partial charge in [0, 0.05) is 18.4 Å². The topological polar surface area (TPSA) is 39.1 Å². The van der Waals surface area contributed by atoms with Crippen molar-refractivity contribution in [1.29, 1.82) is 0 Å². The molecule has 0 atom stereocenters. The van der Waals surface area contributed by atoms with Crippen molar-refractivity contribution in [3.63, 3.8) is 0 Å². The van der Waals surface area contributed by atoms with Crippen LogP contribution in [0.1, 0.15) is 25.7 Å². The van der Waals surface area contributed by atoms with Gasteiger partial charge in [-0.3, -0.25) is 4.68 Å². The zero-order chi connectivity index (χ0) is 11.2. The minimum Gasteiger partial charge on any atom is -0.376 e. The highest BCUT2D eigenvalue weighted by Gasteiger charge is 2.19. The van der Waals surface area contributed by atoms with E-state index in [4.69, 9.17) is 4.74 Å². The normalized spacial score (nSPS) is 25.8. The summed E-state index contributed by atoms with van der Waals surface area (Å²) in [7, 11) is 2.05. The summed E-state index contributed by atoms with van der Waals surface area (Å²) < 4.78 is 7.78. The van der Waals surface area contributed by atoms with Gasteiger partial charge >= 0.3 is 0 Å². The number of hydrogen-bond donors (Lipinski definition) is 1. The summed E-state index contributed by atoms with van der Waals surface area (Å²) in [5, 5.41) is 7.48. The lowest BCUT2D eigenvalue weighted by atomic mass is 9.93. The van der Waals surface area contributed by atoms with Gasteiger partial charge in [0.2, 0.25) is 0 Å². The van der Waals surface area contributed by atoms with Crippen molar-refractivity contribution < 1.29 is 4.74 Å². The number of aromatic nitrogens is 2. The average Bonchev–Trinajstić information content (AvgIpc) is 2.83. The quantitative estimate of drug-likeness (QED) is 0.820. The Morgan fingerprint density at radius 3 is 2.81 bits per heavy atom. The van der Waals surface area contributed by atoms with Crippen molar-refractivity contribution in [2.45, 2.75) is 44.4 Å². The van der Waals surface area contributed by atoms with Gasteiger partial charge < -0.3 is 10.1 Å². The Hall–Kier alpha value is -0.870. The van der Waals surface area contributed by atoms with E-state index in [1.54, 1.807) is 6.20 Å². The lowest BCUT2D eigenvalue weighted by Gasteiger charge is -2.28. The second-order valence-corrected chi connectivity index (χ2v) is 4.40. The maximum Gasteiger partial charge on any atom is 0.0666 e. The fraction of sp³-hybridized carbons (Fsp3) is 0.750. The molecule has 0 aliphatic heterocycles. The summed E-state index contributed by atoms with van der Waals surface area (Å²) in [6.45, 7) is 1.63. The molecule has 0 amide bonds. The van der Waals surface area contributed by atoms with Crippen LogP contribution in [0.2, 0.25) is 0 Å². The number of nitrogens with one attached hydrogen (secondary N) is 1. The van der Waals surface area contributed by atoms with E-state index in [1.165, 1.54) is 25.7 Å². The standard InChI is InChI=1S/C12H21N3O/c1-13-11-3-5-12(6-4-11)16-10-9-15-8-2-7-14-15/h2,7-8,11-13H,3-6,9-10H2,1H3. The lowest BCUT2D eigenvalue weighted by Crippen LogP contribution is -2.33. The molecule has 0 aromatic carbocycles. The molecule has 4 nitrogen and oxygen atoms in total. The molecule has 1 aliphatic carbocycles. The molecule has 0 saturated heterocycles. The predicted molar refractivity (Wildman–Crippen MR) is 63.3 cm³/mol. The number of nitrogens with zero attached hydrogens (tertiary/aromatic N) is 2. The minimum absolute atomic E-state index is 0.458. The van der Waals surface area contributed by atoms with Crippen molar-refractivity contribution in [1.82, 2.24) is 15.1 Å². The fourth-order valence-electron chi connectivity index (χ4n) is 2.26. The molecule has 1 aliphatic rings. The Morgan fingerprint density at radius 2 is 2.19 bits per heavy atom. The van der Waals surface area contributed by atoms with Crippen LogP contribution in [0.25, 0.3) is 0 Å². The summed E-state index contributed by atoms with van der Waals surface area (Å²) in [5.74, 6) is 0. The van der Waals surface area contributed by atoms with Crippen molar-refractivity contribution >= 4 is 0 Å². The molecule has 0 bridgehead atoms. The van der Waals surface area contributed by atoms with Crippen LogP contribution in [0.4, 0.5) is 0 Å². The van der Waals surface area contributed by atoms with Gasteiger partial charge in [-0.25, -0.2) is 0 Å². The third kappa shape index (κ3) is 3.32. The van der Waals surface area contributed by atoms with Gasteiger partial charge in [-0.15, -0.1) is 0 Å². The highest BCUT2D eigenvalue weighted by atomic mass is 16.5. The molecular formula is C12H21N3O. The second-order valence-electron chi connectivity index (χ2n) is 4.40. The van der Waals surface area contributed by atoms with E-state index in [0.717, 1.165) is 13.2 Å². The number of rotatable bonds is 5. The summed E-state index contributed by atoms with van der Waals surface area (Å²) in [5.41, 5.74) is 0. The van der Waals surface area contributed by atoms with E-state index >= 15 is 0 Å². The molecule has 16 heavy (non-hydrogen) atoms.